The van der Waals surface area contributed by atoms with Crippen LogP contribution in [0.1, 0.15) is 51.7 Å². The maximum Gasteiger partial charge on any atom is 0.261 e. The van der Waals surface area contributed by atoms with Crippen molar-refractivity contribution >= 4 is 11.8 Å². The van der Waals surface area contributed by atoms with Gasteiger partial charge in [0.05, 0.1) is 0 Å². The van der Waals surface area contributed by atoms with Crippen molar-refractivity contribution in [2.24, 2.45) is 5.92 Å². The molecule has 0 aliphatic heterocycles. The summed E-state index contributed by atoms with van der Waals surface area (Å²) in [6.07, 6.45) is 0. The zero-order valence-corrected chi connectivity index (χ0v) is 19.0. The number of ether oxygens (including phenoxy) is 1. The van der Waals surface area contributed by atoms with E-state index in [1.165, 1.54) is 11.0 Å². The Hall–Kier alpha value is -2.89. The van der Waals surface area contributed by atoms with Crippen molar-refractivity contribution in [1.82, 2.24) is 10.2 Å². The fourth-order valence-electron chi connectivity index (χ4n) is 3.16. The molecule has 1 atom stereocenters. The van der Waals surface area contributed by atoms with Gasteiger partial charge in [-0.3, -0.25) is 9.59 Å². The molecule has 5 nitrogen and oxygen atoms in total. The topological polar surface area (TPSA) is 58.6 Å². The molecule has 0 bridgehead atoms. The Bertz CT molecular complexity index is 883. The van der Waals surface area contributed by atoms with E-state index >= 15 is 0 Å². The third-order valence-electron chi connectivity index (χ3n) is 5.04. The first kappa shape index (κ1) is 24.4. The van der Waals surface area contributed by atoms with E-state index in [0.717, 1.165) is 5.56 Å². The summed E-state index contributed by atoms with van der Waals surface area (Å²) in [6.45, 7) is 9.99. The van der Waals surface area contributed by atoms with Gasteiger partial charge in [-0.25, -0.2) is 4.39 Å². The van der Waals surface area contributed by atoms with Gasteiger partial charge in [0.25, 0.3) is 5.91 Å². The molecule has 168 valence electrons. The van der Waals surface area contributed by atoms with Crippen LogP contribution in [0.15, 0.2) is 48.5 Å². The summed E-state index contributed by atoms with van der Waals surface area (Å²) in [5.74, 6) is 0.0778. The van der Waals surface area contributed by atoms with Crippen molar-refractivity contribution in [3.8, 4) is 5.75 Å². The number of hydrogen-bond donors (Lipinski definition) is 1. The van der Waals surface area contributed by atoms with Crippen LogP contribution in [0.25, 0.3) is 0 Å². The van der Waals surface area contributed by atoms with Gasteiger partial charge in [-0.2, -0.15) is 0 Å². The van der Waals surface area contributed by atoms with Gasteiger partial charge in [-0.1, -0.05) is 64.1 Å². The summed E-state index contributed by atoms with van der Waals surface area (Å²) in [7, 11) is 0. The van der Waals surface area contributed by atoms with Gasteiger partial charge in [0.1, 0.15) is 17.6 Å². The van der Waals surface area contributed by atoms with Crippen LogP contribution in [0.3, 0.4) is 0 Å². The largest absolute Gasteiger partial charge is 0.483 e. The smallest absolute Gasteiger partial charge is 0.261 e. The Morgan fingerprint density at radius 1 is 1.00 bits per heavy atom. The van der Waals surface area contributed by atoms with Crippen molar-refractivity contribution < 1.29 is 18.7 Å². The minimum absolute atomic E-state index is 0.0169. The van der Waals surface area contributed by atoms with Gasteiger partial charge >= 0.3 is 0 Å². The number of para-hydroxylation sites is 1. The highest BCUT2D eigenvalue weighted by molar-refractivity contribution is 5.88. The summed E-state index contributed by atoms with van der Waals surface area (Å²) < 4.78 is 20.1. The van der Waals surface area contributed by atoms with Crippen molar-refractivity contribution in [3.05, 3.63) is 65.5 Å². The first-order valence-electron chi connectivity index (χ1n) is 10.7. The molecule has 2 aromatic carbocycles. The maximum atomic E-state index is 14.3. The number of hydrogen-bond acceptors (Lipinski definition) is 3. The summed E-state index contributed by atoms with van der Waals surface area (Å²) in [4.78, 5) is 27.1. The lowest BCUT2D eigenvalue weighted by atomic mass is 10.0. The number of carbonyl (C=O) groups excluding carboxylic acids is 2. The lowest BCUT2D eigenvalue weighted by Gasteiger charge is -2.29. The molecule has 31 heavy (non-hydrogen) atoms. The minimum Gasteiger partial charge on any atom is -0.483 e. The van der Waals surface area contributed by atoms with Crippen molar-refractivity contribution in [2.45, 2.75) is 53.1 Å². The van der Waals surface area contributed by atoms with E-state index in [1.54, 1.807) is 25.1 Å². The summed E-state index contributed by atoms with van der Waals surface area (Å²) >= 11 is 0. The SMILES string of the molecule is CC(C)CNC(=O)[C@H](C)N(Cc1ccccc1F)C(=O)COc1ccccc1C(C)C. The van der Waals surface area contributed by atoms with E-state index in [0.29, 0.717) is 17.9 Å². The number of nitrogens with one attached hydrogen (secondary N) is 1. The molecule has 0 heterocycles. The van der Waals surface area contributed by atoms with Gasteiger partial charge in [0.15, 0.2) is 6.61 Å². The van der Waals surface area contributed by atoms with E-state index < -0.39 is 11.9 Å². The molecule has 0 aliphatic carbocycles. The number of halogens is 1. The molecule has 0 unspecified atom stereocenters. The van der Waals surface area contributed by atoms with E-state index in [4.69, 9.17) is 4.74 Å². The molecule has 0 spiro atoms. The highest BCUT2D eigenvalue weighted by Gasteiger charge is 2.27. The number of carbonyl (C=O) groups is 2. The number of rotatable bonds is 10. The number of amides is 2. The Morgan fingerprint density at radius 3 is 2.29 bits per heavy atom. The van der Waals surface area contributed by atoms with E-state index in [2.05, 4.69) is 19.2 Å². The number of benzene rings is 2. The van der Waals surface area contributed by atoms with Gasteiger partial charge in [-0.15, -0.1) is 0 Å². The zero-order valence-electron chi connectivity index (χ0n) is 19.0. The van der Waals surface area contributed by atoms with Crippen LogP contribution in [0.2, 0.25) is 0 Å². The molecule has 2 rings (SSSR count). The average Bonchev–Trinajstić information content (AvgIpc) is 2.74. The van der Waals surface area contributed by atoms with Crippen LogP contribution in [0.5, 0.6) is 5.75 Å². The molecular formula is C25H33FN2O3. The third kappa shape index (κ3) is 7.09. The second-order valence-electron chi connectivity index (χ2n) is 8.41. The third-order valence-corrected chi connectivity index (χ3v) is 5.04. The molecule has 1 N–H and O–H groups in total. The Balaban J connectivity index is 2.19. The molecule has 0 aromatic heterocycles. The predicted octanol–water partition coefficient (Wildman–Crippen LogP) is 4.52. The molecule has 0 radical (unpaired) electrons. The lowest BCUT2D eigenvalue weighted by Crippen LogP contribution is -2.49. The van der Waals surface area contributed by atoms with Crippen LogP contribution in [0.4, 0.5) is 4.39 Å². The Morgan fingerprint density at radius 2 is 1.65 bits per heavy atom. The van der Waals surface area contributed by atoms with Gasteiger partial charge in [0.2, 0.25) is 5.91 Å². The highest BCUT2D eigenvalue weighted by atomic mass is 19.1. The normalized spacial score (nSPS) is 12.0. The summed E-state index contributed by atoms with van der Waals surface area (Å²) in [5, 5.41) is 2.85. The van der Waals surface area contributed by atoms with Gasteiger partial charge in [-0.05, 0) is 36.5 Å². The molecule has 6 heteroatoms. The van der Waals surface area contributed by atoms with E-state index in [1.807, 2.05) is 38.1 Å². The Labute approximate surface area is 184 Å². The minimum atomic E-state index is -0.769. The Kier molecular flexibility index (Phi) is 9.03. The monoisotopic (exact) mass is 428 g/mol. The highest BCUT2D eigenvalue weighted by Crippen LogP contribution is 2.26. The van der Waals surface area contributed by atoms with E-state index in [9.17, 15) is 14.0 Å². The van der Waals surface area contributed by atoms with E-state index in [-0.39, 0.29) is 36.8 Å². The van der Waals surface area contributed by atoms with Crippen LogP contribution in [-0.4, -0.2) is 35.9 Å². The predicted molar refractivity (Wildman–Crippen MR) is 120 cm³/mol. The fraction of sp³-hybridized carbons (Fsp3) is 0.440. The summed E-state index contributed by atoms with van der Waals surface area (Å²) in [5.41, 5.74) is 1.35. The molecule has 0 aliphatic rings. The van der Waals surface area contributed by atoms with Gasteiger partial charge < -0.3 is 15.0 Å². The molecule has 2 aromatic rings. The van der Waals surface area contributed by atoms with Crippen LogP contribution in [-0.2, 0) is 16.1 Å². The van der Waals surface area contributed by atoms with Crippen LogP contribution >= 0.6 is 0 Å². The quantitative estimate of drug-likeness (QED) is 0.605. The first-order valence-corrected chi connectivity index (χ1v) is 10.7. The maximum absolute atomic E-state index is 14.3. The zero-order chi connectivity index (χ0) is 23.0. The summed E-state index contributed by atoms with van der Waals surface area (Å²) in [6, 6.07) is 13.1. The van der Waals surface area contributed by atoms with Crippen molar-refractivity contribution in [2.75, 3.05) is 13.2 Å². The molecule has 0 saturated heterocycles. The average molecular weight is 429 g/mol. The molecule has 2 amide bonds. The number of nitrogens with zero attached hydrogens (tertiary/aromatic N) is 1. The second-order valence-corrected chi connectivity index (χ2v) is 8.41. The molecule has 0 fully saturated rings. The fourth-order valence-corrected chi connectivity index (χ4v) is 3.16. The second kappa shape index (κ2) is 11.5. The van der Waals surface area contributed by atoms with Crippen LogP contribution in [0, 0.1) is 11.7 Å². The standard InChI is InChI=1S/C25H33FN2O3/c1-17(2)14-27-25(30)19(5)28(15-20-10-6-8-12-22(20)26)24(29)16-31-23-13-9-7-11-21(23)18(3)4/h6-13,17-19H,14-16H2,1-5H3,(H,27,30)/t19-/m0/s1. The molecule has 0 saturated carbocycles. The van der Waals surface area contributed by atoms with Gasteiger partial charge in [0, 0.05) is 18.7 Å². The lowest BCUT2D eigenvalue weighted by molar-refractivity contribution is -0.142. The van der Waals surface area contributed by atoms with Crippen molar-refractivity contribution in [1.29, 1.82) is 0 Å². The first-order chi connectivity index (χ1) is 14.7. The van der Waals surface area contributed by atoms with Crippen molar-refractivity contribution in [3.63, 3.8) is 0 Å². The molecular weight excluding hydrogens is 395 g/mol. The van der Waals surface area contributed by atoms with Crippen LogP contribution < -0.4 is 10.1 Å².